The maximum absolute atomic E-state index is 13.6. The number of carbonyl (C=O) groups excluding carboxylic acids is 1. The number of aromatic amines is 1. The third-order valence-corrected chi connectivity index (χ3v) is 6.78. The van der Waals surface area contributed by atoms with E-state index in [9.17, 15) is 9.59 Å². The fourth-order valence-electron chi connectivity index (χ4n) is 5.13. The SMILES string of the molecule is CCC(=O)N1N=C(c2c(-c3ccccc3)c3ccccc3[nH]c2=O)CC1c1ccnc2ccccc12. The molecule has 0 aliphatic carbocycles. The van der Waals surface area contributed by atoms with Gasteiger partial charge in [-0.2, -0.15) is 5.10 Å². The van der Waals surface area contributed by atoms with Crippen molar-refractivity contribution in [3.05, 3.63) is 113 Å². The first-order chi connectivity index (χ1) is 17.7. The molecule has 0 saturated carbocycles. The minimum Gasteiger partial charge on any atom is -0.321 e. The predicted octanol–water partition coefficient (Wildman–Crippen LogP) is 5.83. The normalized spacial score (nSPS) is 15.4. The zero-order chi connectivity index (χ0) is 24.6. The summed E-state index contributed by atoms with van der Waals surface area (Å²) in [5.41, 5.74) is 5.27. The van der Waals surface area contributed by atoms with Gasteiger partial charge in [-0.15, -0.1) is 0 Å². The van der Waals surface area contributed by atoms with E-state index in [-0.39, 0.29) is 17.5 Å². The molecule has 0 saturated heterocycles. The Hall–Kier alpha value is -4.58. The lowest BCUT2D eigenvalue weighted by atomic mass is 9.90. The van der Waals surface area contributed by atoms with Gasteiger partial charge in [0.1, 0.15) is 0 Å². The van der Waals surface area contributed by atoms with Crippen molar-refractivity contribution in [2.24, 2.45) is 5.10 Å². The van der Waals surface area contributed by atoms with Gasteiger partial charge in [-0.3, -0.25) is 14.6 Å². The highest BCUT2D eigenvalue weighted by atomic mass is 16.2. The first kappa shape index (κ1) is 21.9. The van der Waals surface area contributed by atoms with Gasteiger partial charge in [-0.1, -0.05) is 73.7 Å². The van der Waals surface area contributed by atoms with Crippen LogP contribution in [0, 0.1) is 0 Å². The van der Waals surface area contributed by atoms with Gasteiger partial charge >= 0.3 is 0 Å². The Labute approximate surface area is 207 Å². The van der Waals surface area contributed by atoms with Gasteiger partial charge in [-0.05, 0) is 29.3 Å². The van der Waals surface area contributed by atoms with Gasteiger partial charge in [0, 0.05) is 40.9 Å². The van der Waals surface area contributed by atoms with Crippen molar-refractivity contribution in [1.29, 1.82) is 0 Å². The summed E-state index contributed by atoms with van der Waals surface area (Å²) in [5.74, 6) is -0.0885. The molecule has 0 radical (unpaired) electrons. The van der Waals surface area contributed by atoms with E-state index < -0.39 is 0 Å². The topological polar surface area (TPSA) is 78.4 Å². The largest absolute Gasteiger partial charge is 0.321 e. The van der Waals surface area contributed by atoms with Crippen LogP contribution in [-0.4, -0.2) is 26.6 Å². The Morgan fingerprint density at radius 2 is 1.64 bits per heavy atom. The van der Waals surface area contributed by atoms with Crippen LogP contribution in [0.4, 0.5) is 0 Å². The van der Waals surface area contributed by atoms with E-state index in [1.165, 1.54) is 0 Å². The van der Waals surface area contributed by atoms with Gasteiger partial charge in [0.2, 0.25) is 5.91 Å². The lowest BCUT2D eigenvalue weighted by molar-refractivity contribution is -0.132. The van der Waals surface area contributed by atoms with E-state index in [0.29, 0.717) is 24.1 Å². The van der Waals surface area contributed by atoms with Crippen molar-refractivity contribution < 1.29 is 4.79 Å². The molecular weight excluding hydrogens is 448 g/mol. The van der Waals surface area contributed by atoms with Gasteiger partial charge < -0.3 is 4.98 Å². The van der Waals surface area contributed by atoms with Crippen LogP contribution in [0.15, 0.2) is 101 Å². The number of hydrogen-bond donors (Lipinski definition) is 1. The number of carbonyl (C=O) groups is 1. The molecule has 0 spiro atoms. The molecule has 1 aliphatic heterocycles. The second kappa shape index (κ2) is 8.89. The molecular formula is C30H24N4O2. The summed E-state index contributed by atoms with van der Waals surface area (Å²) in [6.45, 7) is 1.83. The number of rotatable bonds is 4. The van der Waals surface area contributed by atoms with Gasteiger partial charge in [0.15, 0.2) is 0 Å². The standard InChI is InChI=1S/C30H24N4O2/c1-2-27(35)34-26(21-16-17-31-23-14-8-6-12-20(21)23)18-25(33-34)29-28(19-10-4-3-5-11-19)22-13-7-9-15-24(22)32-30(29)36/h3-17,26H,2,18H2,1H3,(H,32,36). The maximum atomic E-state index is 13.6. The van der Waals surface area contributed by atoms with Crippen LogP contribution in [0.25, 0.3) is 32.9 Å². The Balaban J connectivity index is 1.57. The summed E-state index contributed by atoms with van der Waals surface area (Å²) < 4.78 is 0. The molecule has 3 heterocycles. The Morgan fingerprint density at radius 1 is 0.917 bits per heavy atom. The molecule has 6 heteroatoms. The van der Waals surface area contributed by atoms with Crippen LogP contribution >= 0.6 is 0 Å². The molecule has 0 bridgehead atoms. The Kier molecular flexibility index (Phi) is 5.41. The van der Waals surface area contributed by atoms with Crippen LogP contribution in [0.1, 0.15) is 36.9 Å². The van der Waals surface area contributed by atoms with Crippen LogP contribution in [0.2, 0.25) is 0 Å². The second-order valence-corrected chi connectivity index (χ2v) is 8.89. The average Bonchev–Trinajstić information content (AvgIpc) is 3.36. The third-order valence-electron chi connectivity index (χ3n) is 6.78. The van der Waals surface area contributed by atoms with Crippen molar-refractivity contribution in [2.45, 2.75) is 25.8 Å². The maximum Gasteiger partial charge on any atom is 0.258 e. The quantitative estimate of drug-likeness (QED) is 0.357. The number of nitrogens with one attached hydrogen (secondary N) is 1. The monoisotopic (exact) mass is 472 g/mol. The lowest BCUT2D eigenvalue weighted by Gasteiger charge is -2.22. The van der Waals surface area contributed by atoms with E-state index in [0.717, 1.165) is 38.5 Å². The summed E-state index contributed by atoms with van der Waals surface area (Å²) in [4.78, 5) is 34.2. The van der Waals surface area contributed by atoms with Crippen molar-refractivity contribution in [2.75, 3.05) is 0 Å². The number of hydrazone groups is 1. The van der Waals surface area contributed by atoms with Crippen LogP contribution < -0.4 is 5.56 Å². The Bertz CT molecular complexity index is 1700. The van der Waals surface area contributed by atoms with Gasteiger partial charge in [-0.25, -0.2) is 5.01 Å². The van der Waals surface area contributed by atoms with Crippen molar-refractivity contribution in [1.82, 2.24) is 15.0 Å². The molecule has 1 atom stereocenters. The first-order valence-electron chi connectivity index (χ1n) is 12.1. The summed E-state index contributed by atoms with van der Waals surface area (Å²) in [7, 11) is 0. The van der Waals surface area contributed by atoms with E-state index >= 15 is 0 Å². The summed E-state index contributed by atoms with van der Waals surface area (Å²) in [6.07, 6.45) is 2.51. The van der Waals surface area contributed by atoms with Crippen molar-refractivity contribution >= 4 is 33.4 Å². The highest BCUT2D eigenvalue weighted by molar-refractivity contribution is 6.13. The highest BCUT2D eigenvalue weighted by Gasteiger charge is 2.35. The minimum atomic E-state index is -0.324. The van der Waals surface area contributed by atoms with E-state index in [1.807, 2.05) is 91.9 Å². The summed E-state index contributed by atoms with van der Waals surface area (Å²) in [6, 6.07) is 27.2. The fraction of sp³-hybridized carbons (Fsp3) is 0.133. The molecule has 0 fully saturated rings. The summed E-state index contributed by atoms with van der Waals surface area (Å²) in [5, 5.41) is 8.28. The van der Waals surface area contributed by atoms with Crippen LogP contribution in [0.5, 0.6) is 0 Å². The molecule has 5 aromatic rings. The van der Waals surface area contributed by atoms with E-state index in [2.05, 4.69) is 9.97 Å². The second-order valence-electron chi connectivity index (χ2n) is 8.89. The summed E-state index contributed by atoms with van der Waals surface area (Å²) >= 11 is 0. The predicted molar refractivity (Wildman–Crippen MR) is 143 cm³/mol. The molecule has 176 valence electrons. The molecule has 6 rings (SSSR count). The number of hydrogen-bond acceptors (Lipinski definition) is 4. The molecule has 1 amide bonds. The number of benzene rings is 3. The highest BCUT2D eigenvalue weighted by Crippen LogP contribution is 2.38. The third kappa shape index (κ3) is 3.58. The number of aromatic nitrogens is 2. The number of fused-ring (bicyclic) bond motifs is 2. The zero-order valence-corrected chi connectivity index (χ0v) is 19.8. The number of H-pyrrole nitrogens is 1. The number of nitrogens with zero attached hydrogens (tertiary/aromatic N) is 3. The van der Waals surface area contributed by atoms with Gasteiger partial charge in [0.25, 0.3) is 5.56 Å². The van der Waals surface area contributed by atoms with Crippen molar-refractivity contribution in [3.63, 3.8) is 0 Å². The zero-order valence-electron chi connectivity index (χ0n) is 19.8. The lowest BCUT2D eigenvalue weighted by Crippen LogP contribution is -2.26. The van der Waals surface area contributed by atoms with Crippen molar-refractivity contribution in [3.8, 4) is 11.1 Å². The fourth-order valence-corrected chi connectivity index (χ4v) is 5.13. The number of amides is 1. The smallest absolute Gasteiger partial charge is 0.258 e. The number of pyridine rings is 2. The molecule has 6 nitrogen and oxygen atoms in total. The molecule has 2 aromatic heterocycles. The van der Waals surface area contributed by atoms with E-state index in [4.69, 9.17) is 5.10 Å². The van der Waals surface area contributed by atoms with Gasteiger partial charge in [0.05, 0.1) is 22.8 Å². The number of para-hydroxylation sites is 2. The molecule has 3 aromatic carbocycles. The first-order valence-corrected chi connectivity index (χ1v) is 12.1. The molecule has 36 heavy (non-hydrogen) atoms. The molecule has 1 aliphatic rings. The molecule has 1 N–H and O–H groups in total. The van der Waals surface area contributed by atoms with Crippen LogP contribution in [-0.2, 0) is 4.79 Å². The average molecular weight is 473 g/mol. The van der Waals surface area contributed by atoms with E-state index in [1.54, 1.807) is 11.2 Å². The Morgan fingerprint density at radius 3 is 2.44 bits per heavy atom. The minimum absolute atomic E-state index is 0.0885. The molecule has 1 unspecified atom stereocenters. The van der Waals surface area contributed by atoms with Crippen LogP contribution in [0.3, 0.4) is 0 Å².